The molecule has 21 heavy (non-hydrogen) atoms. The van der Waals surface area contributed by atoms with Crippen molar-refractivity contribution in [2.75, 3.05) is 11.7 Å². The van der Waals surface area contributed by atoms with Gasteiger partial charge >= 0.3 is 0 Å². The molecule has 0 aliphatic heterocycles. The van der Waals surface area contributed by atoms with Crippen molar-refractivity contribution in [2.45, 2.75) is 20.3 Å². The highest BCUT2D eigenvalue weighted by Crippen LogP contribution is 2.39. The fourth-order valence-corrected chi connectivity index (χ4v) is 2.74. The third kappa shape index (κ3) is 2.38. The molecule has 4 heteroatoms. The molecule has 1 amide bonds. The molecule has 0 aromatic heterocycles. The van der Waals surface area contributed by atoms with Crippen LogP contribution in [0.1, 0.15) is 25.0 Å². The van der Waals surface area contributed by atoms with Gasteiger partial charge in [0.05, 0.1) is 12.3 Å². The number of anilines is 1. The van der Waals surface area contributed by atoms with Gasteiger partial charge in [-0.05, 0) is 59.9 Å². The Kier molecular flexibility index (Phi) is 3.39. The third-order valence-electron chi connectivity index (χ3n) is 3.69. The van der Waals surface area contributed by atoms with E-state index in [1.807, 2.05) is 25.1 Å². The van der Waals surface area contributed by atoms with Crippen molar-refractivity contribution in [3.63, 3.8) is 0 Å². The van der Waals surface area contributed by atoms with Crippen molar-refractivity contribution in [1.29, 1.82) is 0 Å². The van der Waals surface area contributed by atoms with Crippen LogP contribution in [0.2, 0.25) is 0 Å². The molecular weight excluding hydrogens is 266 g/mol. The minimum atomic E-state index is -0.399. The van der Waals surface area contributed by atoms with E-state index in [0.29, 0.717) is 17.4 Å². The summed E-state index contributed by atoms with van der Waals surface area (Å²) in [6.07, 6.45) is 0.783. The summed E-state index contributed by atoms with van der Waals surface area (Å²) in [5, 5.41) is 10.4. The molecule has 0 heterocycles. The van der Waals surface area contributed by atoms with Gasteiger partial charge in [0.1, 0.15) is 5.75 Å². The van der Waals surface area contributed by atoms with Gasteiger partial charge in [-0.1, -0.05) is 12.1 Å². The lowest BCUT2D eigenvalue weighted by atomic mass is 10.1. The molecule has 0 radical (unpaired) electrons. The first-order chi connectivity index (χ1) is 10.1. The van der Waals surface area contributed by atoms with Crippen LogP contribution in [0.25, 0.3) is 11.1 Å². The Morgan fingerprint density at radius 3 is 2.52 bits per heavy atom. The zero-order chi connectivity index (χ0) is 15.0. The molecule has 108 valence electrons. The zero-order valence-electron chi connectivity index (χ0n) is 12.1. The quantitative estimate of drug-likeness (QED) is 0.592. The summed E-state index contributed by atoms with van der Waals surface area (Å²) >= 11 is 0. The number of benzene rings is 2. The van der Waals surface area contributed by atoms with Gasteiger partial charge in [0, 0.05) is 6.92 Å². The Morgan fingerprint density at radius 1 is 1.19 bits per heavy atom. The van der Waals surface area contributed by atoms with Crippen molar-refractivity contribution in [2.24, 2.45) is 0 Å². The van der Waals surface area contributed by atoms with E-state index in [9.17, 15) is 10.0 Å². The van der Waals surface area contributed by atoms with E-state index in [0.717, 1.165) is 23.3 Å². The highest BCUT2D eigenvalue weighted by molar-refractivity contribution is 5.90. The summed E-state index contributed by atoms with van der Waals surface area (Å²) < 4.78 is 5.53. The maximum absolute atomic E-state index is 11.2. The van der Waals surface area contributed by atoms with Crippen LogP contribution < -0.4 is 9.80 Å². The van der Waals surface area contributed by atoms with E-state index < -0.39 is 5.91 Å². The van der Waals surface area contributed by atoms with Crippen LogP contribution in [0.5, 0.6) is 5.75 Å². The molecule has 1 aliphatic rings. The normalized spacial score (nSPS) is 11.8. The second-order valence-corrected chi connectivity index (χ2v) is 5.10. The predicted molar refractivity (Wildman–Crippen MR) is 80.8 cm³/mol. The van der Waals surface area contributed by atoms with E-state index >= 15 is 0 Å². The first kappa shape index (κ1) is 13.6. The molecule has 1 N–H and O–H groups in total. The smallest absolute Gasteiger partial charge is 0.247 e. The van der Waals surface area contributed by atoms with E-state index in [1.54, 1.807) is 6.07 Å². The topological polar surface area (TPSA) is 49.8 Å². The summed E-state index contributed by atoms with van der Waals surface area (Å²) in [7, 11) is 0. The lowest BCUT2D eigenvalue weighted by Crippen LogP contribution is -2.23. The summed E-state index contributed by atoms with van der Waals surface area (Å²) in [6, 6.07) is 11.7. The Bertz CT molecular complexity index is 709. The van der Waals surface area contributed by atoms with Crippen molar-refractivity contribution < 1.29 is 14.7 Å². The first-order valence-corrected chi connectivity index (χ1v) is 6.98. The largest absolute Gasteiger partial charge is 0.494 e. The van der Waals surface area contributed by atoms with E-state index in [2.05, 4.69) is 12.1 Å². The molecule has 0 fully saturated rings. The molecule has 2 aromatic rings. The van der Waals surface area contributed by atoms with Gasteiger partial charge in [-0.15, -0.1) is 0 Å². The van der Waals surface area contributed by atoms with Crippen molar-refractivity contribution in [3.8, 4) is 16.9 Å². The van der Waals surface area contributed by atoms with Gasteiger partial charge in [0.15, 0.2) is 0 Å². The van der Waals surface area contributed by atoms with Crippen LogP contribution in [0.15, 0.2) is 36.4 Å². The van der Waals surface area contributed by atoms with Crippen LogP contribution in [0.4, 0.5) is 5.69 Å². The van der Waals surface area contributed by atoms with Crippen LogP contribution in [0, 0.1) is 0 Å². The second-order valence-electron chi connectivity index (χ2n) is 5.10. The highest BCUT2D eigenvalue weighted by atomic mass is 16.5. The Morgan fingerprint density at radius 2 is 1.86 bits per heavy atom. The SMILES string of the molecule is CCOc1ccc2c(c1)Cc1cc(N(O)C(C)=O)ccc1-2. The molecule has 1 aliphatic carbocycles. The summed E-state index contributed by atoms with van der Waals surface area (Å²) in [5.41, 5.74) is 5.15. The lowest BCUT2D eigenvalue weighted by Gasteiger charge is -2.13. The summed E-state index contributed by atoms with van der Waals surface area (Å²) in [6.45, 7) is 3.94. The Labute approximate surface area is 123 Å². The fraction of sp³-hybridized carbons (Fsp3) is 0.235. The Balaban J connectivity index is 1.97. The number of amides is 1. The standard InChI is InChI=1S/C17H17NO3/c1-3-21-15-5-7-17-13(10-15)8-12-9-14(4-6-16(12)17)18(20)11(2)19/h4-7,9-10,20H,3,8H2,1-2H3. The van der Waals surface area contributed by atoms with E-state index in [1.165, 1.54) is 18.1 Å². The number of rotatable bonds is 3. The number of hydrogen-bond acceptors (Lipinski definition) is 3. The average molecular weight is 283 g/mol. The number of hydroxylamine groups is 1. The molecule has 0 unspecified atom stereocenters. The molecule has 0 saturated heterocycles. The van der Waals surface area contributed by atoms with Crippen LogP contribution >= 0.6 is 0 Å². The molecule has 3 rings (SSSR count). The van der Waals surface area contributed by atoms with E-state index in [4.69, 9.17) is 4.74 Å². The van der Waals surface area contributed by atoms with Gasteiger partial charge in [-0.25, -0.2) is 0 Å². The molecule has 2 aromatic carbocycles. The minimum Gasteiger partial charge on any atom is -0.494 e. The van der Waals surface area contributed by atoms with Crippen LogP contribution in [0.3, 0.4) is 0 Å². The van der Waals surface area contributed by atoms with Crippen molar-refractivity contribution in [3.05, 3.63) is 47.5 Å². The summed E-state index contributed by atoms with van der Waals surface area (Å²) in [5.74, 6) is 0.473. The van der Waals surface area contributed by atoms with E-state index in [-0.39, 0.29) is 0 Å². The maximum atomic E-state index is 11.2. The Hall–Kier alpha value is -2.33. The third-order valence-corrected chi connectivity index (χ3v) is 3.69. The predicted octanol–water partition coefficient (Wildman–Crippen LogP) is 3.40. The number of carbonyl (C=O) groups is 1. The molecule has 0 atom stereocenters. The number of hydrogen-bond donors (Lipinski definition) is 1. The van der Waals surface area contributed by atoms with Gasteiger partial charge in [-0.3, -0.25) is 10.0 Å². The monoisotopic (exact) mass is 283 g/mol. The first-order valence-electron chi connectivity index (χ1n) is 6.98. The van der Waals surface area contributed by atoms with Gasteiger partial charge in [0.25, 0.3) is 0 Å². The molecule has 0 bridgehead atoms. The zero-order valence-corrected chi connectivity index (χ0v) is 12.1. The number of carbonyl (C=O) groups excluding carboxylic acids is 1. The number of nitrogens with zero attached hydrogens (tertiary/aromatic N) is 1. The number of ether oxygens (including phenoxy) is 1. The lowest BCUT2D eigenvalue weighted by molar-refractivity contribution is -0.121. The van der Waals surface area contributed by atoms with Gasteiger partial charge in [-0.2, -0.15) is 5.06 Å². The highest BCUT2D eigenvalue weighted by Gasteiger charge is 2.20. The average Bonchev–Trinajstić information content (AvgIpc) is 2.83. The van der Waals surface area contributed by atoms with Crippen LogP contribution in [-0.2, 0) is 11.2 Å². The van der Waals surface area contributed by atoms with Crippen LogP contribution in [-0.4, -0.2) is 17.7 Å². The summed E-state index contributed by atoms with van der Waals surface area (Å²) in [4.78, 5) is 11.2. The molecule has 4 nitrogen and oxygen atoms in total. The molecular formula is C17H17NO3. The minimum absolute atomic E-state index is 0.399. The van der Waals surface area contributed by atoms with Crippen molar-refractivity contribution >= 4 is 11.6 Å². The van der Waals surface area contributed by atoms with Crippen molar-refractivity contribution in [1.82, 2.24) is 0 Å². The molecule has 0 saturated carbocycles. The number of fused-ring (bicyclic) bond motifs is 3. The van der Waals surface area contributed by atoms with Gasteiger partial charge in [0.2, 0.25) is 5.91 Å². The second kappa shape index (κ2) is 5.22. The fourth-order valence-electron chi connectivity index (χ4n) is 2.74. The molecule has 0 spiro atoms. The maximum Gasteiger partial charge on any atom is 0.247 e. The van der Waals surface area contributed by atoms with Gasteiger partial charge < -0.3 is 4.74 Å².